The lowest BCUT2D eigenvalue weighted by atomic mass is 10.0. The zero-order valence-corrected chi connectivity index (χ0v) is 15.4. The Morgan fingerprint density at radius 3 is 2.84 bits per heavy atom. The second kappa shape index (κ2) is 5.63. The molecule has 4 rings (SSSR count). The van der Waals surface area contributed by atoms with Crippen LogP contribution in [0.5, 0.6) is 0 Å². The first-order valence-corrected chi connectivity index (χ1v) is 8.94. The minimum Gasteiger partial charge on any atom is -0.351 e. The van der Waals surface area contributed by atoms with E-state index < -0.39 is 0 Å². The van der Waals surface area contributed by atoms with E-state index in [0.29, 0.717) is 10.7 Å². The van der Waals surface area contributed by atoms with E-state index in [1.165, 1.54) is 5.69 Å². The average molecular weight is 357 g/mol. The average Bonchev–Trinajstić information content (AvgIpc) is 3.06. The van der Waals surface area contributed by atoms with E-state index in [9.17, 15) is 4.79 Å². The Labute approximate surface area is 151 Å². The quantitative estimate of drug-likeness (QED) is 0.746. The Bertz CT molecular complexity index is 942. The fraction of sp³-hybridized carbons (Fsp3) is 0.368. The first-order chi connectivity index (χ1) is 11.9. The summed E-state index contributed by atoms with van der Waals surface area (Å²) in [5, 5.41) is 9.25. The zero-order chi connectivity index (χ0) is 17.8. The second-order valence-electron chi connectivity index (χ2n) is 6.89. The van der Waals surface area contributed by atoms with Gasteiger partial charge in [-0.05, 0) is 49.9 Å². The van der Waals surface area contributed by atoms with Crippen molar-refractivity contribution in [1.29, 1.82) is 0 Å². The molecular formula is C19H21ClN4O. The van der Waals surface area contributed by atoms with E-state index in [0.717, 1.165) is 41.3 Å². The molecule has 0 atom stereocenters. The van der Waals surface area contributed by atoms with Gasteiger partial charge < -0.3 is 10.3 Å². The number of hydrogen-bond donors (Lipinski definition) is 2. The number of amides is 1. The van der Waals surface area contributed by atoms with Crippen LogP contribution in [-0.2, 0) is 19.0 Å². The molecule has 1 aromatic carbocycles. The van der Waals surface area contributed by atoms with E-state index in [1.807, 2.05) is 43.0 Å². The Morgan fingerprint density at radius 2 is 2.16 bits per heavy atom. The van der Waals surface area contributed by atoms with Crippen LogP contribution in [0.25, 0.3) is 10.9 Å². The van der Waals surface area contributed by atoms with Gasteiger partial charge in [0, 0.05) is 34.2 Å². The van der Waals surface area contributed by atoms with Crippen molar-refractivity contribution in [3.63, 3.8) is 0 Å². The van der Waals surface area contributed by atoms with Crippen LogP contribution in [0.1, 0.15) is 47.1 Å². The maximum atomic E-state index is 12.8. The molecule has 2 heterocycles. The molecule has 5 nitrogen and oxygen atoms in total. The van der Waals surface area contributed by atoms with Crippen molar-refractivity contribution in [2.75, 3.05) is 0 Å². The van der Waals surface area contributed by atoms with E-state index in [-0.39, 0.29) is 11.4 Å². The van der Waals surface area contributed by atoms with Crippen LogP contribution in [-0.4, -0.2) is 20.7 Å². The monoisotopic (exact) mass is 356 g/mol. The molecule has 2 N–H and O–H groups in total. The number of hydrogen-bond acceptors (Lipinski definition) is 2. The molecule has 1 amide bonds. The van der Waals surface area contributed by atoms with Gasteiger partial charge in [-0.3, -0.25) is 9.48 Å². The highest BCUT2D eigenvalue weighted by molar-refractivity contribution is 6.32. The van der Waals surface area contributed by atoms with Crippen LogP contribution in [0.15, 0.2) is 24.4 Å². The van der Waals surface area contributed by atoms with Gasteiger partial charge in [0.25, 0.3) is 5.91 Å². The Balaban J connectivity index is 1.63. The highest BCUT2D eigenvalue weighted by Gasteiger charge is 2.48. The molecule has 0 spiro atoms. The van der Waals surface area contributed by atoms with Crippen LogP contribution in [0, 0.1) is 6.92 Å². The van der Waals surface area contributed by atoms with Crippen molar-refractivity contribution in [3.05, 3.63) is 51.9 Å². The third-order valence-corrected chi connectivity index (χ3v) is 5.57. The summed E-state index contributed by atoms with van der Waals surface area (Å²) in [6.07, 6.45) is 4.68. The number of nitrogens with one attached hydrogen (secondary N) is 2. The molecule has 1 aliphatic carbocycles. The molecule has 2 aromatic heterocycles. The van der Waals surface area contributed by atoms with Gasteiger partial charge in [-0.25, -0.2) is 0 Å². The number of halogens is 1. The van der Waals surface area contributed by atoms with E-state index in [1.54, 1.807) is 0 Å². The first-order valence-electron chi connectivity index (χ1n) is 8.56. The smallest absolute Gasteiger partial charge is 0.268 e. The fourth-order valence-corrected chi connectivity index (χ4v) is 3.71. The lowest BCUT2D eigenvalue weighted by Gasteiger charge is -2.17. The molecule has 25 heavy (non-hydrogen) atoms. The number of carbonyl (C=O) groups is 1. The second-order valence-corrected chi connectivity index (χ2v) is 7.30. The van der Waals surface area contributed by atoms with Crippen molar-refractivity contribution in [2.24, 2.45) is 7.05 Å². The number of rotatable bonds is 4. The maximum absolute atomic E-state index is 12.8. The van der Waals surface area contributed by atoms with Gasteiger partial charge in [0.15, 0.2) is 0 Å². The van der Waals surface area contributed by atoms with Crippen LogP contribution in [0.4, 0.5) is 0 Å². The van der Waals surface area contributed by atoms with Crippen molar-refractivity contribution in [1.82, 2.24) is 20.1 Å². The van der Waals surface area contributed by atoms with Gasteiger partial charge in [0.1, 0.15) is 5.69 Å². The molecule has 0 aliphatic heterocycles. The number of aromatic nitrogens is 3. The van der Waals surface area contributed by atoms with Crippen molar-refractivity contribution in [3.8, 4) is 0 Å². The van der Waals surface area contributed by atoms with Crippen LogP contribution >= 0.6 is 11.6 Å². The van der Waals surface area contributed by atoms with E-state index in [2.05, 4.69) is 22.3 Å². The largest absolute Gasteiger partial charge is 0.351 e. The molecular weight excluding hydrogens is 336 g/mol. The lowest BCUT2D eigenvalue weighted by molar-refractivity contribution is 0.0926. The van der Waals surface area contributed by atoms with Gasteiger partial charge in [-0.2, -0.15) is 5.10 Å². The number of fused-ring (bicyclic) bond motifs is 1. The number of H-pyrrole nitrogens is 1. The Morgan fingerprint density at radius 1 is 1.40 bits per heavy atom. The Hall–Kier alpha value is -2.27. The number of aryl methyl sites for hydroxylation is 2. The Kier molecular flexibility index (Phi) is 3.65. The lowest BCUT2D eigenvalue weighted by Crippen LogP contribution is -2.35. The summed E-state index contributed by atoms with van der Waals surface area (Å²) in [5.41, 5.74) is 4.52. The highest BCUT2D eigenvalue weighted by Crippen LogP contribution is 2.47. The molecule has 3 aromatic rings. The molecule has 1 fully saturated rings. The normalized spacial score (nSPS) is 15.5. The standard InChI is InChI=1S/C19H21ClN4O/c1-4-17-13(10-21-24(17)3)19(5-6-19)23-18(25)16-9-12-8-14(20)11(2)7-15(12)22-16/h7-10,22H,4-6H2,1-3H3,(H,23,25). The van der Waals surface area contributed by atoms with Gasteiger partial charge in [0.2, 0.25) is 0 Å². The van der Waals surface area contributed by atoms with Crippen LogP contribution in [0.2, 0.25) is 5.02 Å². The molecule has 6 heteroatoms. The summed E-state index contributed by atoms with van der Waals surface area (Å²) in [4.78, 5) is 16.0. The van der Waals surface area contributed by atoms with Gasteiger partial charge in [-0.1, -0.05) is 18.5 Å². The van der Waals surface area contributed by atoms with Crippen LogP contribution < -0.4 is 5.32 Å². The maximum Gasteiger partial charge on any atom is 0.268 e. The molecule has 1 aliphatic rings. The number of carbonyl (C=O) groups excluding carboxylic acids is 1. The summed E-state index contributed by atoms with van der Waals surface area (Å²) in [5.74, 6) is -0.0895. The topological polar surface area (TPSA) is 62.7 Å². The summed E-state index contributed by atoms with van der Waals surface area (Å²) in [6.45, 7) is 4.07. The predicted molar refractivity (Wildman–Crippen MR) is 99.0 cm³/mol. The molecule has 130 valence electrons. The number of nitrogens with zero attached hydrogens (tertiary/aromatic N) is 2. The van der Waals surface area contributed by atoms with Crippen molar-refractivity contribution < 1.29 is 4.79 Å². The van der Waals surface area contributed by atoms with E-state index >= 15 is 0 Å². The summed E-state index contributed by atoms with van der Waals surface area (Å²) < 4.78 is 1.90. The molecule has 0 saturated heterocycles. The van der Waals surface area contributed by atoms with E-state index in [4.69, 9.17) is 11.6 Å². The molecule has 0 bridgehead atoms. The van der Waals surface area contributed by atoms with Crippen LogP contribution in [0.3, 0.4) is 0 Å². The third-order valence-electron chi connectivity index (χ3n) is 5.16. The SMILES string of the molecule is CCc1c(C2(NC(=O)c3cc4cc(Cl)c(C)cc4[nH]3)CC2)cnn1C. The molecule has 0 radical (unpaired) electrons. The first kappa shape index (κ1) is 16.2. The summed E-state index contributed by atoms with van der Waals surface area (Å²) in [6, 6.07) is 5.72. The third kappa shape index (κ3) is 2.63. The minimum atomic E-state index is -0.276. The fourth-order valence-electron chi connectivity index (χ4n) is 3.54. The highest BCUT2D eigenvalue weighted by atomic mass is 35.5. The summed E-state index contributed by atoms with van der Waals surface area (Å²) in [7, 11) is 1.95. The summed E-state index contributed by atoms with van der Waals surface area (Å²) >= 11 is 6.18. The zero-order valence-electron chi connectivity index (χ0n) is 14.6. The number of aromatic amines is 1. The molecule has 0 unspecified atom stereocenters. The van der Waals surface area contributed by atoms with Crippen molar-refractivity contribution >= 4 is 28.4 Å². The molecule has 1 saturated carbocycles. The van der Waals surface area contributed by atoms with Crippen molar-refractivity contribution in [2.45, 2.75) is 38.6 Å². The van der Waals surface area contributed by atoms with Gasteiger partial charge in [0.05, 0.1) is 11.7 Å². The van der Waals surface area contributed by atoms with Gasteiger partial charge >= 0.3 is 0 Å². The van der Waals surface area contributed by atoms with Gasteiger partial charge in [-0.15, -0.1) is 0 Å². The minimum absolute atomic E-state index is 0.0895. The number of benzene rings is 1. The predicted octanol–water partition coefficient (Wildman–Crippen LogP) is 3.84.